The SMILES string of the molecule is COCCOCCCOc1ccc(Cl)cc1CNC(C)C. The van der Waals surface area contributed by atoms with Crippen molar-refractivity contribution in [1.29, 1.82) is 0 Å². The number of hydrogen-bond acceptors (Lipinski definition) is 4. The zero-order valence-corrected chi connectivity index (χ0v) is 13.9. The Balaban J connectivity index is 2.35. The lowest BCUT2D eigenvalue weighted by molar-refractivity contribution is 0.0644. The number of methoxy groups -OCH3 is 1. The zero-order valence-electron chi connectivity index (χ0n) is 13.2. The molecule has 0 amide bonds. The third-order valence-electron chi connectivity index (χ3n) is 2.85. The van der Waals surface area contributed by atoms with Gasteiger partial charge in [-0.05, 0) is 18.2 Å². The number of ether oxygens (including phenoxy) is 3. The Bertz CT molecular complexity index is 399. The normalized spacial score (nSPS) is 11.1. The molecule has 120 valence electrons. The van der Waals surface area contributed by atoms with E-state index in [1.54, 1.807) is 7.11 Å². The summed E-state index contributed by atoms with van der Waals surface area (Å²) in [5, 5.41) is 4.10. The Hall–Kier alpha value is -0.810. The van der Waals surface area contributed by atoms with Gasteiger partial charge in [0.25, 0.3) is 0 Å². The van der Waals surface area contributed by atoms with Gasteiger partial charge in [0.1, 0.15) is 5.75 Å². The van der Waals surface area contributed by atoms with Crippen molar-refractivity contribution in [3.05, 3.63) is 28.8 Å². The van der Waals surface area contributed by atoms with Gasteiger partial charge in [0.2, 0.25) is 0 Å². The summed E-state index contributed by atoms with van der Waals surface area (Å²) in [5.41, 5.74) is 1.08. The monoisotopic (exact) mass is 315 g/mol. The summed E-state index contributed by atoms with van der Waals surface area (Å²) in [7, 11) is 1.67. The van der Waals surface area contributed by atoms with Crippen molar-refractivity contribution in [2.75, 3.05) is 33.5 Å². The molecule has 1 aromatic carbocycles. The van der Waals surface area contributed by atoms with Crippen LogP contribution in [0.4, 0.5) is 0 Å². The molecule has 1 aromatic rings. The second-order valence-electron chi connectivity index (χ2n) is 5.09. The predicted molar refractivity (Wildman–Crippen MR) is 86.2 cm³/mol. The Labute approximate surface area is 132 Å². The van der Waals surface area contributed by atoms with Gasteiger partial charge in [0.05, 0.1) is 19.8 Å². The number of benzene rings is 1. The van der Waals surface area contributed by atoms with Crippen molar-refractivity contribution < 1.29 is 14.2 Å². The second-order valence-corrected chi connectivity index (χ2v) is 5.53. The molecule has 0 bridgehead atoms. The van der Waals surface area contributed by atoms with Crippen molar-refractivity contribution in [2.24, 2.45) is 0 Å². The fourth-order valence-corrected chi connectivity index (χ4v) is 1.92. The van der Waals surface area contributed by atoms with E-state index in [0.29, 0.717) is 32.5 Å². The first-order chi connectivity index (χ1) is 10.1. The molecule has 0 aliphatic heterocycles. The summed E-state index contributed by atoms with van der Waals surface area (Å²) >= 11 is 6.05. The molecule has 0 saturated heterocycles. The fraction of sp³-hybridized carbons (Fsp3) is 0.625. The summed E-state index contributed by atoms with van der Waals surface area (Å²) in [6.45, 7) is 7.53. The minimum absolute atomic E-state index is 0.422. The summed E-state index contributed by atoms with van der Waals surface area (Å²) in [5.74, 6) is 0.879. The van der Waals surface area contributed by atoms with E-state index < -0.39 is 0 Å². The van der Waals surface area contributed by atoms with Gasteiger partial charge < -0.3 is 19.5 Å². The van der Waals surface area contributed by atoms with E-state index in [2.05, 4.69) is 19.2 Å². The van der Waals surface area contributed by atoms with Crippen molar-refractivity contribution in [3.8, 4) is 5.75 Å². The number of halogens is 1. The predicted octanol–water partition coefficient (Wildman–Crippen LogP) is 3.27. The molecule has 0 fully saturated rings. The van der Waals surface area contributed by atoms with Gasteiger partial charge in [-0.25, -0.2) is 0 Å². The van der Waals surface area contributed by atoms with Crippen molar-refractivity contribution in [1.82, 2.24) is 5.32 Å². The van der Waals surface area contributed by atoms with Gasteiger partial charge in [0.15, 0.2) is 0 Å². The first-order valence-corrected chi connectivity index (χ1v) is 7.72. The topological polar surface area (TPSA) is 39.7 Å². The second kappa shape index (κ2) is 10.9. The van der Waals surface area contributed by atoms with E-state index in [9.17, 15) is 0 Å². The molecule has 0 aliphatic carbocycles. The largest absolute Gasteiger partial charge is 0.493 e. The summed E-state index contributed by atoms with van der Waals surface area (Å²) < 4.78 is 16.1. The molecule has 0 aliphatic rings. The van der Waals surface area contributed by atoms with Gasteiger partial charge in [0, 0.05) is 43.3 Å². The highest BCUT2D eigenvalue weighted by molar-refractivity contribution is 6.30. The molecule has 0 spiro atoms. The van der Waals surface area contributed by atoms with Crippen LogP contribution in [0.3, 0.4) is 0 Å². The fourth-order valence-electron chi connectivity index (χ4n) is 1.73. The number of hydrogen-bond donors (Lipinski definition) is 1. The minimum Gasteiger partial charge on any atom is -0.493 e. The van der Waals surface area contributed by atoms with Gasteiger partial charge in [-0.2, -0.15) is 0 Å². The maximum absolute atomic E-state index is 6.05. The zero-order chi connectivity index (χ0) is 15.5. The Kier molecular flexibility index (Phi) is 9.42. The quantitative estimate of drug-likeness (QED) is 0.636. The van der Waals surface area contributed by atoms with Crippen LogP contribution in [0.2, 0.25) is 5.02 Å². The molecule has 0 saturated carbocycles. The van der Waals surface area contributed by atoms with Crippen LogP contribution in [-0.4, -0.2) is 39.6 Å². The highest BCUT2D eigenvalue weighted by atomic mass is 35.5. The van der Waals surface area contributed by atoms with E-state index >= 15 is 0 Å². The lowest BCUT2D eigenvalue weighted by atomic mass is 10.2. The highest BCUT2D eigenvalue weighted by Crippen LogP contribution is 2.23. The Morgan fingerprint density at radius 1 is 1.14 bits per heavy atom. The molecule has 0 aromatic heterocycles. The van der Waals surface area contributed by atoms with Crippen molar-refractivity contribution in [2.45, 2.75) is 32.9 Å². The molecule has 1 rings (SSSR count). The highest BCUT2D eigenvalue weighted by Gasteiger charge is 2.05. The number of rotatable bonds is 11. The Morgan fingerprint density at radius 3 is 2.67 bits per heavy atom. The van der Waals surface area contributed by atoms with Gasteiger partial charge in [-0.15, -0.1) is 0 Å². The first kappa shape index (κ1) is 18.2. The molecular formula is C16H26ClNO3. The number of nitrogens with one attached hydrogen (secondary N) is 1. The lowest BCUT2D eigenvalue weighted by Crippen LogP contribution is -2.22. The lowest BCUT2D eigenvalue weighted by Gasteiger charge is -2.14. The van der Waals surface area contributed by atoms with E-state index in [1.165, 1.54) is 0 Å². The molecule has 5 heteroatoms. The van der Waals surface area contributed by atoms with Crippen LogP contribution in [0.25, 0.3) is 0 Å². The van der Waals surface area contributed by atoms with E-state index in [1.807, 2.05) is 18.2 Å². The van der Waals surface area contributed by atoms with Gasteiger partial charge in [-0.1, -0.05) is 25.4 Å². The minimum atomic E-state index is 0.422. The van der Waals surface area contributed by atoms with Crippen molar-refractivity contribution in [3.63, 3.8) is 0 Å². The molecule has 1 N–H and O–H groups in total. The van der Waals surface area contributed by atoms with Gasteiger partial charge in [-0.3, -0.25) is 0 Å². The molecule has 0 heterocycles. The van der Waals surface area contributed by atoms with Crippen LogP contribution in [0, 0.1) is 0 Å². The first-order valence-electron chi connectivity index (χ1n) is 7.34. The van der Waals surface area contributed by atoms with Crippen LogP contribution < -0.4 is 10.1 Å². The molecule has 4 nitrogen and oxygen atoms in total. The van der Waals surface area contributed by atoms with Crippen LogP contribution in [-0.2, 0) is 16.0 Å². The average molecular weight is 316 g/mol. The summed E-state index contributed by atoms with van der Waals surface area (Å²) in [6, 6.07) is 6.14. The van der Waals surface area contributed by atoms with Crippen LogP contribution in [0.15, 0.2) is 18.2 Å². The third-order valence-corrected chi connectivity index (χ3v) is 3.08. The molecule has 0 atom stereocenters. The van der Waals surface area contributed by atoms with E-state index in [0.717, 1.165) is 29.3 Å². The molecule has 0 radical (unpaired) electrons. The summed E-state index contributed by atoms with van der Waals surface area (Å²) in [6.07, 6.45) is 0.851. The maximum atomic E-state index is 6.05. The van der Waals surface area contributed by atoms with E-state index in [-0.39, 0.29) is 0 Å². The molecule has 0 unspecified atom stereocenters. The van der Waals surface area contributed by atoms with E-state index in [4.69, 9.17) is 25.8 Å². The smallest absolute Gasteiger partial charge is 0.123 e. The molecule has 21 heavy (non-hydrogen) atoms. The van der Waals surface area contributed by atoms with Crippen LogP contribution in [0.1, 0.15) is 25.8 Å². The summed E-state index contributed by atoms with van der Waals surface area (Å²) in [4.78, 5) is 0. The van der Waals surface area contributed by atoms with Crippen molar-refractivity contribution >= 4 is 11.6 Å². The van der Waals surface area contributed by atoms with Crippen LogP contribution >= 0.6 is 11.6 Å². The Morgan fingerprint density at radius 2 is 1.95 bits per heavy atom. The molecular weight excluding hydrogens is 290 g/mol. The van der Waals surface area contributed by atoms with Crippen LogP contribution in [0.5, 0.6) is 5.75 Å². The van der Waals surface area contributed by atoms with Gasteiger partial charge >= 0.3 is 0 Å². The standard InChI is InChI=1S/C16H26ClNO3/c1-13(2)18-12-14-11-15(17)5-6-16(14)21-8-4-7-20-10-9-19-3/h5-6,11,13,18H,4,7-10,12H2,1-3H3. The average Bonchev–Trinajstić information content (AvgIpc) is 2.45. The maximum Gasteiger partial charge on any atom is 0.123 e. The third kappa shape index (κ3) is 8.27.